The summed E-state index contributed by atoms with van der Waals surface area (Å²) in [5.41, 5.74) is 2.42. The van der Waals surface area contributed by atoms with E-state index in [2.05, 4.69) is 36.4 Å². The van der Waals surface area contributed by atoms with Gasteiger partial charge in [-0.3, -0.25) is 4.90 Å². The van der Waals surface area contributed by atoms with Gasteiger partial charge < -0.3 is 4.57 Å². The summed E-state index contributed by atoms with van der Waals surface area (Å²) in [6.45, 7) is 10.6. The second-order valence-corrected chi connectivity index (χ2v) is 6.74. The Bertz CT molecular complexity index is 614. The molecule has 0 aliphatic heterocycles. The fourth-order valence-corrected chi connectivity index (χ4v) is 3.40. The Labute approximate surface area is 146 Å². The molecule has 24 heavy (non-hydrogen) atoms. The molecule has 0 fully saturated rings. The number of aryl methyl sites for hydroxylation is 1. The van der Waals surface area contributed by atoms with Crippen molar-refractivity contribution >= 4 is 10.9 Å². The third-order valence-electron chi connectivity index (χ3n) is 4.97. The zero-order valence-corrected chi connectivity index (χ0v) is 15.7. The maximum atomic E-state index is 13.7. The van der Waals surface area contributed by atoms with Crippen LogP contribution < -0.4 is 0 Å². The summed E-state index contributed by atoms with van der Waals surface area (Å²) in [5, 5.41) is 1.08. The van der Waals surface area contributed by atoms with Crippen LogP contribution in [0.25, 0.3) is 10.9 Å². The first-order valence-corrected chi connectivity index (χ1v) is 9.69. The van der Waals surface area contributed by atoms with Crippen LogP contribution in [0.15, 0.2) is 24.4 Å². The molecule has 2 aromatic rings. The first-order valence-electron chi connectivity index (χ1n) is 9.69. The van der Waals surface area contributed by atoms with Gasteiger partial charge in [0.2, 0.25) is 0 Å². The van der Waals surface area contributed by atoms with E-state index in [1.807, 2.05) is 6.07 Å². The Morgan fingerprint density at radius 3 is 2.38 bits per heavy atom. The van der Waals surface area contributed by atoms with Crippen LogP contribution >= 0.6 is 0 Å². The molecule has 0 bridgehead atoms. The van der Waals surface area contributed by atoms with Gasteiger partial charge in [-0.15, -0.1) is 0 Å². The monoisotopic (exact) mass is 332 g/mol. The molecule has 2 rings (SSSR count). The van der Waals surface area contributed by atoms with Crippen molar-refractivity contribution in [1.29, 1.82) is 0 Å². The van der Waals surface area contributed by atoms with Crippen molar-refractivity contribution in [3.05, 3.63) is 35.8 Å². The lowest BCUT2D eigenvalue weighted by molar-refractivity contribution is 0.296. The highest BCUT2D eigenvalue weighted by Gasteiger charge is 2.11. The van der Waals surface area contributed by atoms with Gasteiger partial charge in [0.05, 0.1) is 0 Å². The van der Waals surface area contributed by atoms with Crippen molar-refractivity contribution in [2.24, 2.45) is 0 Å². The molecule has 0 aliphatic carbocycles. The van der Waals surface area contributed by atoms with Crippen LogP contribution in [0.5, 0.6) is 0 Å². The van der Waals surface area contributed by atoms with Gasteiger partial charge >= 0.3 is 0 Å². The van der Waals surface area contributed by atoms with Crippen molar-refractivity contribution in [1.82, 2.24) is 9.47 Å². The van der Waals surface area contributed by atoms with Gasteiger partial charge in [-0.1, -0.05) is 52.9 Å². The number of aromatic nitrogens is 1. The molecule has 134 valence electrons. The molecule has 2 nitrogen and oxygen atoms in total. The van der Waals surface area contributed by atoms with E-state index in [0.717, 1.165) is 31.6 Å². The predicted octanol–water partition coefficient (Wildman–Crippen LogP) is 5.98. The van der Waals surface area contributed by atoms with Gasteiger partial charge in [-0.05, 0) is 43.3 Å². The Morgan fingerprint density at radius 2 is 1.67 bits per heavy atom. The summed E-state index contributed by atoms with van der Waals surface area (Å²) in [6, 6.07) is 5.22. The maximum absolute atomic E-state index is 13.7. The molecule has 0 unspecified atom stereocenters. The van der Waals surface area contributed by atoms with E-state index in [1.54, 1.807) is 12.1 Å². The molecule has 0 spiro atoms. The van der Waals surface area contributed by atoms with Crippen molar-refractivity contribution < 1.29 is 4.39 Å². The van der Waals surface area contributed by atoms with Crippen molar-refractivity contribution in [2.75, 3.05) is 13.1 Å². The van der Waals surface area contributed by atoms with Gasteiger partial charge in [0.25, 0.3) is 0 Å². The number of unbranched alkanes of at least 4 members (excludes halogenated alkanes) is 5. The lowest BCUT2D eigenvalue weighted by Crippen LogP contribution is -2.21. The molecular weight excluding hydrogens is 299 g/mol. The summed E-state index contributed by atoms with van der Waals surface area (Å²) < 4.78 is 16.1. The summed E-state index contributed by atoms with van der Waals surface area (Å²) >= 11 is 0. The van der Waals surface area contributed by atoms with Gasteiger partial charge in [0.15, 0.2) is 0 Å². The van der Waals surface area contributed by atoms with Crippen molar-refractivity contribution in [3.8, 4) is 0 Å². The molecule has 0 saturated carbocycles. The SMILES string of the molecule is CCCCCCCCn1cc(CN(CC)CC)c2cc(F)ccc21. The maximum Gasteiger partial charge on any atom is 0.123 e. The van der Waals surface area contributed by atoms with E-state index in [9.17, 15) is 4.39 Å². The molecule has 0 radical (unpaired) electrons. The Kier molecular flexibility index (Phi) is 7.77. The molecule has 0 N–H and O–H groups in total. The van der Waals surface area contributed by atoms with Gasteiger partial charge in [-0.25, -0.2) is 4.39 Å². The zero-order valence-electron chi connectivity index (χ0n) is 15.7. The predicted molar refractivity (Wildman–Crippen MR) is 102 cm³/mol. The topological polar surface area (TPSA) is 8.17 Å². The molecule has 1 heterocycles. The molecule has 0 amide bonds. The van der Waals surface area contributed by atoms with Crippen LogP contribution in [0.4, 0.5) is 4.39 Å². The lowest BCUT2D eigenvalue weighted by Gasteiger charge is -2.17. The lowest BCUT2D eigenvalue weighted by atomic mass is 10.1. The van der Waals surface area contributed by atoms with Crippen LogP contribution in [0.3, 0.4) is 0 Å². The van der Waals surface area contributed by atoms with Crippen LogP contribution in [0, 0.1) is 5.82 Å². The highest BCUT2D eigenvalue weighted by Crippen LogP contribution is 2.24. The van der Waals surface area contributed by atoms with Crippen LogP contribution in [0.2, 0.25) is 0 Å². The number of nitrogens with zero attached hydrogens (tertiary/aromatic N) is 2. The summed E-state index contributed by atoms with van der Waals surface area (Å²) in [6.07, 6.45) is 10.0. The normalized spacial score (nSPS) is 11.7. The number of halogens is 1. The van der Waals surface area contributed by atoms with E-state index < -0.39 is 0 Å². The van der Waals surface area contributed by atoms with E-state index in [1.165, 1.54) is 49.6 Å². The number of hydrogen-bond acceptors (Lipinski definition) is 1. The van der Waals surface area contributed by atoms with E-state index >= 15 is 0 Å². The smallest absolute Gasteiger partial charge is 0.123 e. The van der Waals surface area contributed by atoms with Crippen molar-refractivity contribution in [2.45, 2.75) is 72.4 Å². The minimum absolute atomic E-state index is 0.138. The van der Waals surface area contributed by atoms with Crippen LogP contribution in [0.1, 0.15) is 64.9 Å². The summed E-state index contributed by atoms with van der Waals surface area (Å²) in [7, 11) is 0. The van der Waals surface area contributed by atoms with Crippen molar-refractivity contribution in [3.63, 3.8) is 0 Å². The van der Waals surface area contributed by atoms with Gasteiger partial charge in [0.1, 0.15) is 5.82 Å². The minimum Gasteiger partial charge on any atom is -0.347 e. The number of hydrogen-bond donors (Lipinski definition) is 0. The first-order chi connectivity index (χ1) is 11.7. The average Bonchev–Trinajstić information content (AvgIpc) is 2.92. The fraction of sp³-hybridized carbons (Fsp3) is 0.619. The Hall–Kier alpha value is -1.35. The average molecular weight is 333 g/mol. The molecule has 3 heteroatoms. The molecule has 0 saturated heterocycles. The van der Waals surface area contributed by atoms with E-state index in [-0.39, 0.29) is 5.82 Å². The highest BCUT2D eigenvalue weighted by molar-refractivity contribution is 5.84. The molecular formula is C21H33FN2. The fourth-order valence-electron chi connectivity index (χ4n) is 3.40. The van der Waals surface area contributed by atoms with Crippen LogP contribution in [-0.2, 0) is 13.1 Å². The zero-order chi connectivity index (χ0) is 17.4. The van der Waals surface area contributed by atoms with E-state index in [4.69, 9.17) is 0 Å². The summed E-state index contributed by atoms with van der Waals surface area (Å²) in [5.74, 6) is -0.138. The number of fused-ring (bicyclic) bond motifs is 1. The second-order valence-electron chi connectivity index (χ2n) is 6.74. The van der Waals surface area contributed by atoms with Crippen LogP contribution in [-0.4, -0.2) is 22.6 Å². The first kappa shape index (κ1) is 19.0. The summed E-state index contributed by atoms with van der Waals surface area (Å²) in [4.78, 5) is 2.38. The minimum atomic E-state index is -0.138. The number of rotatable bonds is 11. The van der Waals surface area contributed by atoms with E-state index in [0.29, 0.717) is 0 Å². The second kappa shape index (κ2) is 9.83. The standard InChI is InChI=1S/C21H33FN2/c1-4-7-8-9-10-11-14-24-17-18(16-23(5-2)6-3)20-15-19(22)12-13-21(20)24/h12-13,15,17H,4-11,14,16H2,1-3H3. The number of benzene rings is 1. The Balaban J connectivity index is 2.09. The molecule has 0 aliphatic rings. The Morgan fingerprint density at radius 1 is 0.958 bits per heavy atom. The third-order valence-corrected chi connectivity index (χ3v) is 4.97. The quantitative estimate of drug-likeness (QED) is 0.459. The van der Waals surface area contributed by atoms with Gasteiger partial charge in [-0.2, -0.15) is 0 Å². The largest absolute Gasteiger partial charge is 0.347 e. The molecule has 0 atom stereocenters. The molecule has 1 aromatic heterocycles. The molecule has 1 aromatic carbocycles. The third kappa shape index (κ3) is 5.07. The van der Waals surface area contributed by atoms with Gasteiger partial charge in [0, 0.05) is 30.2 Å². The highest BCUT2D eigenvalue weighted by atomic mass is 19.1.